The highest BCUT2D eigenvalue weighted by molar-refractivity contribution is 14.0. The summed E-state index contributed by atoms with van der Waals surface area (Å²) in [4.78, 5) is 4.61. The Morgan fingerprint density at radius 1 is 1.13 bits per heavy atom. The zero-order valence-corrected chi connectivity index (χ0v) is 21.3. The van der Waals surface area contributed by atoms with Crippen molar-refractivity contribution in [1.29, 1.82) is 0 Å². The first-order valence-corrected chi connectivity index (χ1v) is 12.3. The third-order valence-electron chi connectivity index (χ3n) is 4.97. The lowest BCUT2D eigenvalue weighted by molar-refractivity contribution is 0.0468. The van der Waals surface area contributed by atoms with Crippen LogP contribution in [0.25, 0.3) is 0 Å². The van der Waals surface area contributed by atoms with Gasteiger partial charge in [0.25, 0.3) is 0 Å². The van der Waals surface area contributed by atoms with Gasteiger partial charge in [0.2, 0.25) is 10.0 Å². The molecule has 1 saturated carbocycles. The van der Waals surface area contributed by atoms with Gasteiger partial charge in [-0.25, -0.2) is 18.1 Å². The van der Waals surface area contributed by atoms with Gasteiger partial charge in [-0.15, -0.1) is 24.0 Å². The van der Waals surface area contributed by atoms with Gasteiger partial charge in [0.1, 0.15) is 0 Å². The Bertz CT molecular complexity index is 736. The zero-order chi connectivity index (χ0) is 21.0. The fraction of sp³-hybridized carbons (Fsp3) is 0.667. The number of rotatable bonds is 10. The molecule has 0 atom stereocenters. The highest BCUT2D eigenvalue weighted by atomic mass is 127. The fourth-order valence-electron chi connectivity index (χ4n) is 3.43. The molecule has 0 amide bonds. The smallest absolute Gasteiger partial charge is 0.215 e. The molecule has 9 heteroatoms. The molecule has 1 aliphatic carbocycles. The lowest BCUT2D eigenvalue weighted by atomic mass is 10.1. The number of nitrogens with zero attached hydrogens (tertiary/aromatic N) is 1. The van der Waals surface area contributed by atoms with Gasteiger partial charge in [-0.3, -0.25) is 0 Å². The predicted octanol–water partition coefficient (Wildman–Crippen LogP) is 3.15. The van der Waals surface area contributed by atoms with E-state index in [0.29, 0.717) is 25.8 Å². The molecular weight excluding hydrogens is 515 g/mol. The van der Waals surface area contributed by atoms with Gasteiger partial charge in [-0.2, -0.15) is 0 Å². The Kier molecular flexibility index (Phi) is 13.5. The number of nitrogens with one attached hydrogen (secondary N) is 3. The van der Waals surface area contributed by atoms with Crippen LogP contribution < -0.4 is 15.4 Å². The molecule has 0 bridgehead atoms. The van der Waals surface area contributed by atoms with E-state index in [0.717, 1.165) is 23.6 Å². The van der Waals surface area contributed by atoms with Crippen molar-refractivity contribution in [2.75, 3.05) is 26.7 Å². The summed E-state index contributed by atoms with van der Waals surface area (Å²) in [6.07, 6.45) is 7.96. The van der Waals surface area contributed by atoms with Crippen LogP contribution in [0, 0.1) is 0 Å². The predicted molar refractivity (Wildman–Crippen MR) is 134 cm³/mol. The second-order valence-corrected chi connectivity index (χ2v) is 9.32. The molecule has 0 unspecified atom stereocenters. The molecule has 1 aromatic carbocycles. The largest absolute Gasteiger partial charge is 0.376 e. The van der Waals surface area contributed by atoms with Crippen molar-refractivity contribution < 1.29 is 13.2 Å². The summed E-state index contributed by atoms with van der Waals surface area (Å²) in [6.45, 7) is 4.67. The summed E-state index contributed by atoms with van der Waals surface area (Å²) < 4.78 is 31.8. The SMILES string of the molecule is CCNC(=NCc1cccc(CS(=O)(=O)NC)c1)NCCOC1CCCCCC1.I. The number of halogens is 1. The van der Waals surface area contributed by atoms with Gasteiger partial charge >= 0.3 is 0 Å². The molecule has 30 heavy (non-hydrogen) atoms. The van der Waals surface area contributed by atoms with Crippen LogP contribution in [0.3, 0.4) is 0 Å². The fourth-order valence-corrected chi connectivity index (χ4v) is 4.19. The van der Waals surface area contributed by atoms with Crippen molar-refractivity contribution in [2.45, 2.75) is 63.9 Å². The van der Waals surface area contributed by atoms with Crippen molar-refractivity contribution >= 4 is 40.0 Å². The number of sulfonamides is 1. The van der Waals surface area contributed by atoms with E-state index in [1.54, 1.807) is 0 Å². The van der Waals surface area contributed by atoms with Crippen molar-refractivity contribution in [3.8, 4) is 0 Å². The molecule has 0 radical (unpaired) electrons. The van der Waals surface area contributed by atoms with Crippen LogP contribution in [-0.2, 0) is 27.1 Å². The second-order valence-electron chi connectivity index (χ2n) is 7.39. The van der Waals surface area contributed by atoms with Gasteiger partial charge in [0.05, 0.1) is 25.0 Å². The first kappa shape index (κ1) is 27.1. The Morgan fingerprint density at radius 3 is 2.50 bits per heavy atom. The van der Waals surface area contributed by atoms with Crippen molar-refractivity contribution in [3.05, 3.63) is 35.4 Å². The third-order valence-corrected chi connectivity index (χ3v) is 6.31. The first-order chi connectivity index (χ1) is 14.0. The number of aliphatic imine (C=N–C) groups is 1. The summed E-state index contributed by atoms with van der Waals surface area (Å²) in [5.41, 5.74) is 1.72. The molecule has 0 heterocycles. The van der Waals surface area contributed by atoms with Crippen molar-refractivity contribution in [2.24, 2.45) is 4.99 Å². The maximum Gasteiger partial charge on any atom is 0.215 e. The minimum absolute atomic E-state index is 0. The molecule has 2 rings (SSSR count). The van der Waals surface area contributed by atoms with E-state index in [2.05, 4.69) is 20.3 Å². The van der Waals surface area contributed by atoms with Crippen LogP contribution in [0.15, 0.2) is 29.3 Å². The molecular formula is C21H37IN4O3S. The summed E-state index contributed by atoms with van der Waals surface area (Å²) >= 11 is 0. The minimum Gasteiger partial charge on any atom is -0.376 e. The molecule has 172 valence electrons. The average Bonchev–Trinajstić information content (AvgIpc) is 2.98. The highest BCUT2D eigenvalue weighted by Crippen LogP contribution is 2.19. The Balaban J connectivity index is 0.00000450. The number of hydrogen-bond acceptors (Lipinski definition) is 4. The van der Waals surface area contributed by atoms with Gasteiger partial charge in [0, 0.05) is 13.1 Å². The topological polar surface area (TPSA) is 91.8 Å². The van der Waals surface area contributed by atoms with E-state index < -0.39 is 10.0 Å². The van der Waals surface area contributed by atoms with E-state index in [1.165, 1.54) is 45.6 Å². The van der Waals surface area contributed by atoms with E-state index in [4.69, 9.17) is 4.74 Å². The van der Waals surface area contributed by atoms with Crippen LogP contribution in [0.2, 0.25) is 0 Å². The molecule has 1 aromatic rings. The molecule has 0 aromatic heterocycles. The van der Waals surface area contributed by atoms with Crippen LogP contribution in [-0.4, -0.2) is 47.2 Å². The maximum atomic E-state index is 11.7. The van der Waals surface area contributed by atoms with E-state index in [-0.39, 0.29) is 29.7 Å². The summed E-state index contributed by atoms with van der Waals surface area (Å²) in [5, 5.41) is 6.56. The Hall–Kier alpha value is -0.910. The molecule has 1 aliphatic rings. The van der Waals surface area contributed by atoms with Crippen LogP contribution in [0.1, 0.15) is 56.6 Å². The summed E-state index contributed by atoms with van der Waals surface area (Å²) in [7, 11) is -1.85. The number of hydrogen-bond donors (Lipinski definition) is 3. The monoisotopic (exact) mass is 552 g/mol. The van der Waals surface area contributed by atoms with Gasteiger partial charge in [0.15, 0.2) is 5.96 Å². The number of benzene rings is 1. The second kappa shape index (κ2) is 15.0. The van der Waals surface area contributed by atoms with Crippen LogP contribution in [0.4, 0.5) is 0 Å². The molecule has 1 fully saturated rings. The average molecular weight is 553 g/mol. The summed E-state index contributed by atoms with van der Waals surface area (Å²) in [5.74, 6) is 0.711. The zero-order valence-electron chi connectivity index (χ0n) is 18.2. The van der Waals surface area contributed by atoms with E-state index >= 15 is 0 Å². The Morgan fingerprint density at radius 2 is 1.83 bits per heavy atom. The number of guanidine groups is 1. The van der Waals surface area contributed by atoms with Gasteiger partial charge < -0.3 is 15.4 Å². The molecule has 0 aliphatic heterocycles. The first-order valence-electron chi connectivity index (χ1n) is 10.6. The molecule has 0 saturated heterocycles. The lowest BCUT2D eigenvalue weighted by Crippen LogP contribution is -2.39. The molecule has 7 nitrogen and oxygen atoms in total. The third kappa shape index (κ3) is 10.9. The van der Waals surface area contributed by atoms with Crippen molar-refractivity contribution in [3.63, 3.8) is 0 Å². The van der Waals surface area contributed by atoms with Crippen molar-refractivity contribution in [1.82, 2.24) is 15.4 Å². The van der Waals surface area contributed by atoms with Gasteiger partial charge in [-0.05, 0) is 37.9 Å². The normalized spacial score (nSPS) is 15.9. The van der Waals surface area contributed by atoms with Crippen LogP contribution in [0.5, 0.6) is 0 Å². The number of ether oxygens (including phenoxy) is 1. The molecule has 0 spiro atoms. The Labute approximate surface area is 198 Å². The molecule has 3 N–H and O–H groups in total. The standard InChI is InChI=1S/C21H36N4O3S.HI/c1-3-23-21(24-13-14-28-20-11-6-4-5-7-12-20)25-16-18-9-8-10-19(15-18)17-29(26,27)22-2;/h8-10,15,20,22H,3-7,11-14,16-17H2,1-2H3,(H2,23,24,25);1H. The minimum atomic E-state index is -3.28. The van der Waals surface area contributed by atoms with E-state index in [1.807, 2.05) is 31.2 Å². The van der Waals surface area contributed by atoms with E-state index in [9.17, 15) is 8.42 Å². The lowest BCUT2D eigenvalue weighted by Gasteiger charge is -2.16. The summed E-state index contributed by atoms with van der Waals surface area (Å²) in [6, 6.07) is 7.53. The quantitative estimate of drug-likeness (QED) is 0.136. The van der Waals surface area contributed by atoms with Crippen LogP contribution >= 0.6 is 24.0 Å². The maximum absolute atomic E-state index is 11.7. The van der Waals surface area contributed by atoms with Gasteiger partial charge in [-0.1, -0.05) is 49.9 Å². The highest BCUT2D eigenvalue weighted by Gasteiger charge is 2.12.